The molecule has 1 aliphatic heterocycles. The summed E-state index contributed by atoms with van der Waals surface area (Å²) in [5, 5.41) is 8.87. The minimum Gasteiger partial charge on any atom is -0.342 e. The van der Waals surface area contributed by atoms with E-state index in [-0.39, 0.29) is 0 Å². The highest BCUT2D eigenvalue weighted by molar-refractivity contribution is 5.79. The average molecular weight is 328 g/mol. The van der Waals surface area contributed by atoms with E-state index < -0.39 is 0 Å². The minimum absolute atomic E-state index is 0.347. The van der Waals surface area contributed by atoms with Crippen molar-refractivity contribution in [2.75, 3.05) is 13.1 Å². The molecule has 3 unspecified atom stereocenters. The van der Waals surface area contributed by atoms with Crippen molar-refractivity contribution in [3.63, 3.8) is 0 Å². The number of rotatable bonds is 2. The minimum atomic E-state index is 0.347. The van der Waals surface area contributed by atoms with Gasteiger partial charge >= 0.3 is 0 Å². The zero-order valence-electron chi connectivity index (χ0n) is 14.5. The lowest BCUT2D eigenvalue weighted by Gasteiger charge is -2.35. The van der Waals surface area contributed by atoms with Crippen LogP contribution in [0.3, 0.4) is 0 Å². The third-order valence-electron chi connectivity index (χ3n) is 7.13. The van der Waals surface area contributed by atoms with Crippen molar-refractivity contribution in [3.8, 4) is 0 Å². The van der Waals surface area contributed by atoms with Crippen LogP contribution in [0.1, 0.15) is 68.8 Å². The van der Waals surface area contributed by atoms with Gasteiger partial charge in [-0.1, -0.05) is 11.6 Å². The van der Waals surface area contributed by atoms with Crippen LogP contribution in [0.25, 0.3) is 0 Å². The summed E-state index contributed by atoms with van der Waals surface area (Å²) in [4.78, 5) is 15.1. The van der Waals surface area contributed by atoms with E-state index in [1.54, 1.807) is 0 Å². The normalized spacial score (nSPS) is 33.0. The van der Waals surface area contributed by atoms with Crippen molar-refractivity contribution in [1.82, 2.24) is 19.9 Å². The number of carbonyl (C=O) groups is 1. The maximum atomic E-state index is 12.9. The van der Waals surface area contributed by atoms with Gasteiger partial charge in [0.1, 0.15) is 0 Å². The molecule has 0 aromatic carbocycles. The summed E-state index contributed by atoms with van der Waals surface area (Å²) in [5.41, 5.74) is 2.60. The van der Waals surface area contributed by atoms with Gasteiger partial charge in [-0.05, 0) is 69.6 Å². The number of aryl methyl sites for hydroxylation is 1. The van der Waals surface area contributed by atoms with Gasteiger partial charge in [0.05, 0.1) is 17.4 Å². The van der Waals surface area contributed by atoms with Crippen LogP contribution in [0.15, 0.2) is 0 Å². The van der Waals surface area contributed by atoms with Crippen LogP contribution in [0, 0.1) is 17.8 Å². The van der Waals surface area contributed by atoms with Gasteiger partial charge in [0.25, 0.3) is 0 Å². The summed E-state index contributed by atoms with van der Waals surface area (Å²) in [5.74, 6) is 2.35. The van der Waals surface area contributed by atoms with Crippen LogP contribution < -0.4 is 0 Å². The molecule has 3 aliphatic carbocycles. The van der Waals surface area contributed by atoms with Gasteiger partial charge in [-0.15, -0.1) is 5.10 Å². The second kappa shape index (κ2) is 5.85. The quantitative estimate of drug-likeness (QED) is 0.839. The van der Waals surface area contributed by atoms with Gasteiger partial charge in [-0.2, -0.15) is 0 Å². The molecule has 5 heteroatoms. The number of hydrogen-bond donors (Lipinski definition) is 0. The van der Waals surface area contributed by atoms with Crippen molar-refractivity contribution in [2.24, 2.45) is 17.8 Å². The highest BCUT2D eigenvalue weighted by atomic mass is 16.2. The monoisotopic (exact) mass is 328 g/mol. The van der Waals surface area contributed by atoms with E-state index in [2.05, 4.69) is 19.9 Å². The molecular formula is C19H28N4O. The van der Waals surface area contributed by atoms with Gasteiger partial charge in [0, 0.05) is 19.0 Å². The first-order valence-corrected chi connectivity index (χ1v) is 10.0. The fourth-order valence-corrected chi connectivity index (χ4v) is 5.79. The number of carbonyl (C=O) groups excluding carboxylic acids is 1. The first kappa shape index (κ1) is 14.9. The third-order valence-corrected chi connectivity index (χ3v) is 7.13. The number of hydrogen-bond acceptors (Lipinski definition) is 3. The largest absolute Gasteiger partial charge is 0.342 e. The Hall–Kier alpha value is -1.39. The molecule has 5 nitrogen and oxygen atoms in total. The van der Waals surface area contributed by atoms with Crippen molar-refractivity contribution < 1.29 is 4.79 Å². The summed E-state index contributed by atoms with van der Waals surface area (Å²) in [6, 6.07) is 0.448. The molecule has 3 atom stereocenters. The Balaban J connectivity index is 1.23. The lowest BCUT2D eigenvalue weighted by molar-refractivity contribution is -0.138. The second-order valence-corrected chi connectivity index (χ2v) is 8.47. The maximum Gasteiger partial charge on any atom is 0.225 e. The van der Waals surface area contributed by atoms with Crippen molar-refractivity contribution in [2.45, 2.75) is 70.3 Å². The number of piperidine rings is 1. The molecule has 1 aromatic rings. The molecule has 1 saturated heterocycles. The Morgan fingerprint density at radius 3 is 2.58 bits per heavy atom. The van der Waals surface area contributed by atoms with E-state index in [1.807, 2.05) is 0 Å². The number of likely N-dealkylation sites (tertiary alicyclic amines) is 1. The Kier molecular flexibility index (Phi) is 3.64. The van der Waals surface area contributed by atoms with Crippen LogP contribution in [-0.4, -0.2) is 38.9 Å². The lowest BCUT2D eigenvalue weighted by atomic mass is 9.87. The summed E-state index contributed by atoms with van der Waals surface area (Å²) >= 11 is 0. The van der Waals surface area contributed by atoms with E-state index in [1.165, 1.54) is 49.9 Å². The molecule has 2 saturated carbocycles. The lowest BCUT2D eigenvalue weighted by Crippen LogP contribution is -2.43. The summed E-state index contributed by atoms with van der Waals surface area (Å²) in [6.07, 6.45) is 12.0. The van der Waals surface area contributed by atoms with Crippen LogP contribution >= 0.6 is 0 Å². The average Bonchev–Trinajstić information content (AvgIpc) is 3.36. The van der Waals surface area contributed by atoms with Crippen molar-refractivity contribution >= 4 is 5.91 Å². The van der Waals surface area contributed by atoms with E-state index >= 15 is 0 Å². The molecule has 2 heterocycles. The number of aromatic nitrogens is 3. The van der Waals surface area contributed by atoms with Crippen LogP contribution in [0.5, 0.6) is 0 Å². The molecule has 3 fully saturated rings. The van der Waals surface area contributed by atoms with Gasteiger partial charge < -0.3 is 4.90 Å². The van der Waals surface area contributed by atoms with E-state index in [0.717, 1.165) is 44.7 Å². The summed E-state index contributed by atoms with van der Waals surface area (Å²) in [7, 11) is 0. The van der Waals surface area contributed by atoms with Crippen LogP contribution in [-0.2, 0) is 17.6 Å². The summed E-state index contributed by atoms with van der Waals surface area (Å²) in [6.45, 7) is 1.82. The van der Waals surface area contributed by atoms with Gasteiger partial charge in [-0.25, -0.2) is 4.68 Å². The highest BCUT2D eigenvalue weighted by Crippen LogP contribution is 2.49. The van der Waals surface area contributed by atoms with Crippen molar-refractivity contribution in [1.29, 1.82) is 0 Å². The highest BCUT2D eigenvalue weighted by Gasteiger charge is 2.44. The van der Waals surface area contributed by atoms with Gasteiger partial charge in [0.2, 0.25) is 5.91 Å². The molecule has 1 aromatic heterocycles. The van der Waals surface area contributed by atoms with E-state index in [4.69, 9.17) is 0 Å². The number of fused-ring (bicyclic) bond motifs is 3. The Labute approximate surface area is 143 Å². The van der Waals surface area contributed by atoms with E-state index in [0.29, 0.717) is 23.8 Å². The Morgan fingerprint density at radius 1 is 1.00 bits per heavy atom. The topological polar surface area (TPSA) is 51.0 Å². The molecule has 24 heavy (non-hydrogen) atoms. The smallest absolute Gasteiger partial charge is 0.225 e. The van der Waals surface area contributed by atoms with Crippen LogP contribution in [0.4, 0.5) is 0 Å². The zero-order valence-corrected chi connectivity index (χ0v) is 14.5. The third kappa shape index (κ3) is 2.39. The molecule has 4 aliphatic rings. The fourth-order valence-electron chi connectivity index (χ4n) is 5.79. The zero-order chi connectivity index (χ0) is 16.1. The van der Waals surface area contributed by atoms with Gasteiger partial charge in [-0.3, -0.25) is 4.79 Å². The first-order valence-electron chi connectivity index (χ1n) is 10.0. The molecule has 0 N–H and O–H groups in total. The maximum absolute atomic E-state index is 12.9. The van der Waals surface area contributed by atoms with Crippen molar-refractivity contribution in [3.05, 3.63) is 11.4 Å². The molecular weight excluding hydrogens is 300 g/mol. The molecule has 2 bridgehead atoms. The Bertz CT molecular complexity index is 631. The van der Waals surface area contributed by atoms with Gasteiger partial charge in [0.15, 0.2) is 0 Å². The standard InChI is InChI=1S/C19H28N4O/c24-19(16-12-13-5-6-14(16)11-13)22-9-7-15(8-10-22)23-18-4-2-1-3-17(18)20-21-23/h13-16H,1-12H2. The van der Waals surface area contributed by atoms with Crippen LogP contribution in [0.2, 0.25) is 0 Å². The SMILES string of the molecule is O=C(C1CC2CCC1C2)N1CCC(n2nnc3c2CCCC3)CC1. The second-order valence-electron chi connectivity index (χ2n) is 8.47. The fraction of sp³-hybridized carbons (Fsp3) is 0.842. The first-order chi connectivity index (χ1) is 11.8. The summed E-state index contributed by atoms with van der Waals surface area (Å²) < 4.78 is 2.20. The predicted molar refractivity (Wildman–Crippen MR) is 90.5 cm³/mol. The molecule has 130 valence electrons. The molecule has 1 amide bonds. The number of amides is 1. The predicted octanol–water partition coefficient (Wildman–Crippen LogP) is 2.76. The Morgan fingerprint density at radius 2 is 1.83 bits per heavy atom. The number of nitrogens with zero attached hydrogens (tertiary/aromatic N) is 4. The molecule has 0 radical (unpaired) electrons. The van der Waals surface area contributed by atoms with E-state index in [9.17, 15) is 4.79 Å². The molecule has 0 spiro atoms. The molecule has 5 rings (SSSR count).